The van der Waals surface area contributed by atoms with Gasteiger partial charge in [0.25, 0.3) is 0 Å². The molecule has 2 heterocycles. The molecule has 0 aliphatic carbocycles. The lowest BCUT2D eigenvalue weighted by Crippen LogP contribution is -2.43. The molecule has 1 amide bonds. The van der Waals surface area contributed by atoms with E-state index in [2.05, 4.69) is 10.6 Å². The van der Waals surface area contributed by atoms with Crippen molar-refractivity contribution in [2.45, 2.75) is 37.6 Å². The Hall–Kier alpha value is -0.680. The summed E-state index contributed by atoms with van der Waals surface area (Å²) in [5, 5.41) is 5.65. The molecule has 1 unspecified atom stereocenters. The van der Waals surface area contributed by atoms with Gasteiger partial charge in [-0.3, -0.25) is 4.79 Å². The third-order valence-corrected chi connectivity index (χ3v) is 2.92. The monoisotopic (exact) mass is 216 g/mol. The van der Waals surface area contributed by atoms with Crippen LogP contribution in [-0.4, -0.2) is 43.9 Å². The second kappa shape index (κ2) is 4.90. The SMILES string of the molecule is O=C(NCC1CCCO1)[C@H]1C[C@H](F)CN1. The number of halogens is 1. The normalized spacial score (nSPS) is 35.7. The van der Waals surface area contributed by atoms with Crippen LogP contribution in [0.3, 0.4) is 0 Å². The number of nitrogens with one attached hydrogen (secondary N) is 2. The van der Waals surface area contributed by atoms with Gasteiger partial charge in [0, 0.05) is 26.1 Å². The van der Waals surface area contributed by atoms with E-state index >= 15 is 0 Å². The first-order valence-electron chi connectivity index (χ1n) is 5.52. The molecule has 2 fully saturated rings. The lowest BCUT2D eigenvalue weighted by Gasteiger charge is -2.14. The van der Waals surface area contributed by atoms with E-state index in [1.54, 1.807) is 0 Å². The molecular weight excluding hydrogens is 199 g/mol. The van der Waals surface area contributed by atoms with E-state index in [4.69, 9.17) is 4.74 Å². The van der Waals surface area contributed by atoms with Crippen LogP contribution < -0.4 is 10.6 Å². The molecule has 0 spiro atoms. The summed E-state index contributed by atoms with van der Waals surface area (Å²) < 4.78 is 18.2. The Morgan fingerprint density at radius 1 is 1.60 bits per heavy atom. The van der Waals surface area contributed by atoms with Crippen molar-refractivity contribution in [3.05, 3.63) is 0 Å². The van der Waals surface area contributed by atoms with Gasteiger partial charge in [-0.25, -0.2) is 4.39 Å². The molecule has 0 aromatic rings. The summed E-state index contributed by atoms with van der Waals surface area (Å²) in [5.74, 6) is -0.106. The van der Waals surface area contributed by atoms with Crippen molar-refractivity contribution in [2.75, 3.05) is 19.7 Å². The topological polar surface area (TPSA) is 50.4 Å². The summed E-state index contributed by atoms with van der Waals surface area (Å²) in [5.41, 5.74) is 0. The van der Waals surface area contributed by atoms with Crippen LogP contribution in [0.5, 0.6) is 0 Å². The highest BCUT2D eigenvalue weighted by molar-refractivity contribution is 5.82. The molecule has 0 saturated carbocycles. The first-order chi connectivity index (χ1) is 7.25. The number of amides is 1. The van der Waals surface area contributed by atoms with Crippen LogP contribution in [0.25, 0.3) is 0 Å². The summed E-state index contributed by atoms with van der Waals surface area (Å²) >= 11 is 0. The van der Waals surface area contributed by atoms with Gasteiger partial charge in [0.05, 0.1) is 12.1 Å². The number of alkyl halides is 1. The van der Waals surface area contributed by atoms with Gasteiger partial charge in [-0.15, -0.1) is 0 Å². The van der Waals surface area contributed by atoms with Crippen LogP contribution in [0.15, 0.2) is 0 Å². The molecule has 0 radical (unpaired) electrons. The van der Waals surface area contributed by atoms with Crippen molar-refractivity contribution in [3.8, 4) is 0 Å². The van der Waals surface area contributed by atoms with Gasteiger partial charge < -0.3 is 15.4 Å². The molecule has 0 bridgehead atoms. The third kappa shape index (κ3) is 2.89. The van der Waals surface area contributed by atoms with E-state index in [-0.39, 0.29) is 31.0 Å². The Balaban J connectivity index is 1.67. The number of carbonyl (C=O) groups is 1. The summed E-state index contributed by atoms with van der Waals surface area (Å²) in [6.07, 6.45) is 1.62. The molecule has 86 valence electrons. The number of carbonyl (C=O) groups excluding carboxylic acids is 1. The van der Waals surface area contributed by atoms with Crippen molar-refractivity contribution >= 4 is 5.91 Å². The molecule has 2 aliphatic rings. The highest BCUT2D eigenvalue weighted by Gasteiger charge is 2.29. The molecule has 2 aliphatic heterocycles. The molecule has 2 rings (SSSR count). The van der Waals surface area contributed by atoms with Crippen LogP contribution in [-0.2, 0) is 9.53 Å². The van der Waals surface area contributed by atoms with Crippen molar-refractivity contribution in [1.82, 2.24) is 10.6 Å². The summed E-state index contributed by atoms with van der Waals surface area (Å²) in [4.78, 5) is 11.6. The van der Waals surface area contributed by atoms with Crippen molar-refractivity contribution in [2.24, 2.45) is 0 Å². The minimum absolute atomic E-state index is 0.106. The van der Waals surface area contributed by atoms with Crippen LogP contribution in [0.2, 0.25) is 0 Å². The van der Waals surface area contributed by atoms with E-state index in [9.17, 15) is 9.18 Å². The average molecular weight is 216 g/mol. The fraction of sp³-hybridized carbons (Fsp3) is 0.900. The number of ether oxygens (including phenoxy) is 1. The van der Waals surface area contributed by atoms with Crippen LogP contribution in [0, 0.1) is 0 Å². The van der Waals surface area contributed by atoms with Crippen molar-refractivity contribution in [3.63, 3.8) is 0 Å². The zero-order valence-electron chi connectivity index (χ0n) is 8.67. The molecule has 0 aromatic heterocycles. The maximum Gasteiger partial charge on any atom is 0.237 e. The van der Waals surface area contributed by atoms with Crippen LogP contribution >= 0.6 is 0 Å². The highest BCUT2D eigenvalue weighted by Crippen LogP contribution is 2.12. The molecule has 3 atom stereocenters. The quantitative estimate of drug-likeness (QED) is 0.697. The van der Waals surface area contributed by atoms with E-state index in [1.165, 1.54) is 0 Å². The molecule has 2 N–H and O–H groups in total. The van der Waals surface area contributed by atoms with Gasteiger partial charge in [0.1, 0.15) is 6.17 Å². The van der Waals surface area contributed by atoms with Gasteiger partial charge in [-0.1, -0.05) is 0 Å². The van der Waals surface area contributed by atoms with Gasteiger partial charge in [0.2, 0.25) is 5.91 Å². The lowest BCUT2D eigenvalue weighted by molar-refractivity contribution is -0.123. The van der Waals surface area contributed by atoms with Crippen LogP contribution in [0.1, 0.15) is 19.3 Å². The maximum atomic E-state index is 12.8. The maximum absolute atomic E-state index is 12.8. The fourth-order valence-corrected chi connectivity index (χ4v) is 2.04. The molecule has 0 aromatic carbocycles. The van der Waals surface area contributed by atoms with Gasteiger partial charge >= 0.3 is 0 Å². The fourth-order valence-electron chi connectivity index (χ4n) is 2.04. The second-order valence-corrected chi connectivity index (χ2v) is 4.17. The number of hydrogen-bond donors (Lipinski definition) is 2. The zero-order chi connectivity index (χ0) is 10.7. The lowest BCUT2D eigenvalue weighted by atomic mass is 10.2. The first-order valence-corrected chi connectivity index (χ1v) is 5.52. The molecule has 15 heavy (non-hydrogen) atoms. The molecular formula is C10H17FN2O2. The Bertz CT molecular complexity index is 231. The first kappa shape index (κ1) is 10.8. The predicted molar refractivity (Wildman–Crippen MR) is 53.3 cm³/mol. The van der Waals surface area contributed by atoms with E-state index in [0.29, 0.717) is 6.54 Å². The Morgan fingerprint density at radius 2 is 2.47 bits per heavy atom. The third-order valence-electron chi connectivity index (χ3n) is 2.92. The number of rotatable bonds is 3. The zero-order valence-corrected chi connectivity index (χ0v) is 8.67. The van der Waals surface area contributed by atoms with Crippen LogP contribution in [0.4, 0.5) is 4.39 Å². The minimum atomic E-state index is -0.886. The Kier molecular flexibility index (Phi) is 3.53. The largest absolute Gasteiger partial charge is 0.376 e. The Morgan fingerprint density at radius 3 is 3.07 bits per heavy atom. The summed E-state index contributed by atoms with van der Waals surface area (Å²) in [7, 11) is 0. The van der Waals surface area contributed by atoms with Gasteiger partial charge in [-0.05, 0) is 12.8 Å². The minimum Gasteiger partial charge on any atom is -0.376 e. The van der Waals surface area contributed by atoms with E-state index in [0.717, 1.165) is 19.4 Å². The standard InChI is InChI=1S/C10H17FN2O2/c11-7-4-9(12-5-7)10(14)13-6-8-2-1-3-15-8/h7-9,12H,1-6H2,(H,13,14)/t7-,8?,9+/m0/s1. The predicted octanol–water partition coefficient (Wildman–Crippen LogP) is -0.0184. The molecule has 2 saturated heterocycles. The number of hydrogen-bond acceptors (Lipinski definition) is 3. The molecule has 5 heteroatoms. The average Bonchev–Trinajstić information content (AvgIpc) is 2.84. The highest BCUT2D eigenvalue weighted by atomic mass is 19.1. The Labute approximate surface area is 88.6 Å². The van der Waals surface area contributed by atoms with Gasteiger partial charge in [-0.2, -0.15) is 0 Å². The summed E-state index contributed by atoms with van der Waals surface area (Å²) in [6, 6.07) is -0.360. The molecule has 4 nitrogen and oxygen atoms in total. The smallest absolute Gasteiger partial charge is 0.237 e. The van der Waals surface area contributed by atoms with Crippen molar-refractivity contribution < 1.29 is 13.9 Å². The second-order valence-electron chi connectivity index (χ2n) is 4.17. The van der Waals surface area contributed by atoms with E-state index < -0.39 is 6.17 Å². The van der Waals surface area contributed by atoms with Gasteiger partial charge in [0.15, 0.2) is 0 Å². The van der Waals surface area contributed by atoms with Crippen molar-refractivity contribution in [1.29, 1.82) is 0 Å². The summed E-state index contributed by atoms with van der Waals surface area (Å²) in [6.45, 7) is 1.63. The van der Waals surface area contributed by atoms with E-state index in [1.807, 2.05) is 0 Å².